The number of aromatic nitrogens is 4. The van der Waals surface area contributed by atoms with Crippen molar-refractivity contribution in [3.63, 3.8) is 0 Å². The summed E-state index contributed by atoms with van der Waals surface area (Å²) in [5.74, 6) is 0.871. The molecule has 0 radical (unpaired) electrons. The highest BCUT2D eigenvalue weighted by atomic mass is 79.9. The van der Waals surface area contributed by atoms with Crippen molar-refractivity contribution in [2.24, 2.45) is 0 Å². The van der Waals surface area contributed by atoms with Gasteiger partial charge in [0.25, 0.3) is 0 Å². The summed E-state index contributed by atoms with van der Waals surface area (Å²) in [6.07, 6.45) is -1.94. The Bertz CT molecular complexity index is 2240. The van der Waals surface area contributed by atoms with Crippen LogP contribution in [0.5, 0.6) is 17.4 Å². The Balaban J connectivity index is 1.41. The molecule has 1 fully saturated rings. The number of nitrogens with one attached hydrogen (secondary N) is 1. The van der Waals surface area contributed by atoms with Crippen LogP contribution in [-0.2, 0) is 35.9 Å². The smallest absolute Gasteiger partial charge is 0.303 e. The van der Waals surface area contributed by atoms with E-state index in [0.29, 0.717) is 27.4 Å². The van der Waals surface area contributed by atoms with Gasteiger partial charge >= 0.3 is 11.9 Å². The third-order valence-electron chi connectivity index (χ3n) is 9.47. The Morgan fingerprint density at radius 2 is 1.39 bits per heavy atom. The molecule has 0 aliphatic carbocycles. The fourth-order valence-electron chi connectivity index (χ4n) is 6.86. The van der Waals surface area contributed by atoms with E-state index in [-0.39, 0.29) is 31.5 Å². The Kier molecular flexibility index (Phi) is 11.5. The summed E-state index contributed by atoms with van der Waals surface area (Å²) >= 11 is 3.64. The molecule has 1 aliphatic heterocycles. The monoisotopic (exact) mass is 821 g/mol. The van der Waals surface area contributed by atoms with Crippen molar-refractivity contribution >= 4 is 45.0 Å². The number of nitrogens with zero attached hydrogens (tertiary/aromatic N) is 4. The van der Waals surface area contributed by atoms with Crippen molar-refractivity contribution in [2.45, 2.75) is 50.8 Å². The molecule has 3 atom stereocenters. The molecular formula is C42H40BrN5O8. The highest BCUT2D eigenvalue weighted by molar-refractivity contribution is 9.10. The maximum atomic E-state index is 12.1. The summed E-state index contributed by atoms with van der Waals surface area (Å²) in [5, 5.41) is 3.74. The fourth-order valence-corrected chi connectivity index (χ4v) is 7.43. The van der Waals surface area contributed by atoms with Gasteiger partial charge in [-0.2, -0.15) is 9.97 Å². The maximum Gasteiger partial charge on any atom is 0.303 e. The van der Waals surface area contributed by atoms with E-state index in [4.69, 9.17) is 43.4 Å². The molecule has 3 heterocycles. The lowest BCUT2D eigenvalue weighted by molar-refractivity contribution is -0.155. The summed E-state index contributed by atoms with van der Waals surface area (Å²) in [6, 6.07) is 35.4. The Morgan fingerprint density at radius 3 is 1.96 bits per heavy atom. The third-order valence-corrected chi connectivity index (χ3v) is 10.0. The van der Waals surface area contributed by atoms with Gasteiger partial charge in [-0.15, -0.1) is 0 Å². The highest BCUT2D eigenvalue weighted by Gasteiger charge is 2.42. The van der Waals surface area contributed by atoms with Crippen molar-refractivity contribution in [1.29, 1.82) is 0 Å². The zero-order valence-corrected chi connectivity index (χ0v) is 32.8. The predicted octanol–water partition coefficient (Wildman–Crippen LogP) is 7.37. The molecule has 2 aromatic heterocycles. The van der Waals surface area contributed by atoms with Gasteiger partial charge in [-0.1, -0.05) is 84.9 Å². The van der Waals surface area contributed by atoms with Gasteiger partial charge in [0, 0.05) is 20.3 Å². The molecule has 1 aliphatic rings. The average molecular weight is 823 g/mol. The number of fused-ring (bicyclic) bond motifs is 1. The van der Waals surface area contributed by atoms with Crippen LogP contribution in [0.25, 0.3) is 11.2 Å². The molecule has 4 aromatic carbocycles. The first kappa shape index (κ1) is 38.3. The van der Waals surface area contributed by atoms with Crippen molar-refractivity contribution in [3.05, 3.63) is 136 Å². The second kappa shape index (κ2) is 16.8. The van der Waals surface area contributed by atoms with Crippen LogP contribution in [0.2, 0.25) is 0 Å². The number of carbonyl (C=O) groups is 2. The standard InChI is InChI=1S/C42H40BrN5O8/c1-26(49)53-25-35-34(55-27(2)50)23-36(56-35)48-38-37(44-40(48)43)39(54-24-28-11-7-5-8-12-28)46-41(45-38)47-42(29-13-9-6-10-14-29,30-15-19-32(51-3)20-16-30)31-17-21-33(52-4)22-18-31/h5-22,34-36H,23-25H2,1-4H3,(H,45,46,47)/t34-,35+,36+/m0/s1. The molecule has 0 bridgehead atoms. The van der Waals surface area contributed by atoms with Crippen LogP contribution in [0.4, 0.5) is 5.95 Å². The van der Waals surface area contributed by atoms with E-state index in [9.17, 15) is 9.59 Å². The Labute approximate surface area is 332 Å². The second-order valence-electron chi connectivity index (χ2n) is 13.1. The number of esters is 2. The van der Waals surface area contributed by atoms with E-state index in [0.717, 1.165) is 22.3 Å². The largest absolute Gasteiger partial charge is 0.497 e. The third kappa shape index (κ3) is 8.02. The summed E-state index contributed by atoms with van der Waals surface area (Å²) < 4.78 is 37.0. The summed E-state index contributed by atoms with van der Waals surface area (Å²) in [4.78, 5) is 38.8. The number of benzene rings is 4. The van der Waals surface area contributed by atoms with Crippen LogP contribution in [0, 0.1) is 0 Å². The number of hydrogen-bond donors (Lipinski definition) is 1. The SMILES string of the molecule is COc1ccc(C(Nc2nc(OCc3ccccc3)c3nc(Br)n([C@H]4C[C@H](OC(C)=O)[C@@H](COC(C)=O)O4)c3n2)(c2ccccc2)c2ccc(OC)cc2)cc1. The molecule has 6 aromatic rings. The van der Waals surface area contributed by atoms with Crippen LogP contribution in [0.15, 0.2) is 114 Å². The molecular weight excluding hydrogens is 782 g/mol. The van der Waals surface area contributed by atoms with Crippen LogP contribution >= 0.6 is 15.9 Å². The van der Waals surface area contributed by atoms with Gasteiger partial charge in [0.05, 0.1) is 14.2 Å². The number of rotatable bonds is 14. The summed E-state index contributed by atoms with van der Waals surface area (Å²) in [5.41, 5.74) is 3.26. The lowest BCUT2D eigenvalue weighted by Gasteiger charge is -2.37. The molecule has 1 saturated heterocycles. The number of methoxy groups -OCH3 is 2. The van der Waals surface area contributed by atoms with E-state index in [1.54, 1.807) is 18.8 Å². The molecule has 7 rings (SSSR count). The minimum atomic E-state index is -1.06. The fraction of sp³-hybridized carbons (Fsp3) is 0.262. The lowest BCUT2D eigenvalue weighted by atomic mass is 9.77. The molecule has 0 saturated carbocycles. The molecule has 14 heteroatoms. The van der Waals surface area contributed by atoms with Crippen LogP contribution < -0.4 is 19.5 Å². The van der Waals surface area contributed by atoms with Gasteiger partial charge in [-0.05, 0) is 62.4 Å². The lowest BCUT2D eigenvalue weighted by Crippen LogP contribution is -2.38. The van der Waals surface area contributed by atoms with Gasteiger partial charge in [-0.3, -0.25) is 14.2 Å². The second-order valence-corrected chi connectivity index (χ2v) is 13.8. The quantitative estimate of drug-likeness (QED) is 0.0665. The van der Waals surface area contributed by atoms with Crippen LogP contribution in [0.1, 0.15) is 48.8 Å². The number of halogens is 1. The van der Waals surface area contributed by atoms with Crippen molar-refractivity contribution < 1.29 is 38.0 Å². The summed E-state index contributed by atoms with van der Waals surface area (Å²) in [6.45, 7) is 2.73. The number of carbonyl (C=O) groups excluding carboxylic acids is 2. The van der Waals surface area contributed by atoms with Crippen molar-refractivity contribution in [2.75, 3.05) is 26.1 Å². The number of anilines is 1. The normalized spacial score (nSPS) is 16.6. The number of ether oxygens (including phenoxy) is 6. The molecule has 1 N–H and O–H groups in total. The molecule has 0 amide bonds. The van der Waals surface area contributed by atoms with Crippen molar-refractivity contribution in [3.8, 4) is 17.4 Å². The van der Waals surface area contributed by atoms with E-state index in [1.807, 2.05) is 109 Å². The van der Waals surface area contributed by atoms with Gasteiger partial charge in [0.15, 0.2) is 15.9 Å². The molecule has 0 unspecified atom stereocenters. The number of imidazole rings is 1. The molecule has 0 spiro atoms. The zero-order valence-electron chi connectivity index (χ0n) is 31.2. The molecule has 13 nitrogen and oxygen atoms in total. The van der Waals surface area contributed by atoms with Gasteiger partial charge in [0.1, 0.15) is 48.7 Å². The first-order chi connectivity index (χ1) is 27.2. The van der Waals surface area contributed by atoms with Gasteiger partial charge < -0.3 is 33.7 Å². The molecule has 288 valence electrons. The highest BCUT2D eigenvalue weighted by Crippen LogP contribution is 2.43. The Morgan fingerprint density at radius 1 is 0.804 bits per heavy atom. The van der Waals surface area contributed by atoms with Crippen molar-refractivity contribution in [1.82, 2.24) is 19.5 Å². The summed E-state index contributed by atoms with van der Waals surface area (Å²) in [7, 11) is 3.26. The molecule has 56 heavy (non-hydrogen) atoms. The maximum absolute atomic E-state index is 12.1. The van der Waals surface area contributed by atoms with Gasteiger partial charge in [0.2, 0.25) is 11.8 Å². The van der Waals surface area contributed by atoms with Crippen LogP contribution in [0.3, 0.4) is 0 Å². The zero-order chi connectivity index (χ0) is 39.2. The van der Waals surface area contributed by atoms with E-state index in [1.165, 1.54) is 13.8 Å². The first-order valence-corrected chi connectivity index (χ1v) is 18.7. The van der Waals surface area contributed by atoms with E-state index in [2.05, 4.69) is 21.2 Å². The average Bonchev–Trinajstić information content (AvgIpc) is 3.77. The minimum absolute atomic E-state index is 0.107. The number of hydrogen-bond acceptors (Lipinski definition) is 12. The Hall–Kier alpha value is -5.99. The minimum Gasteiger partial charge on any atom is -0.497 e. The topological polar surface area (TPSA) is 145 Å². The van der Waals surface area contributed by atoms with Gasteiger partial charge in [-0.25, -0.2) is 4.98 Å². The van der Waals surface area contributed by atoms with Crippen LogP contribution in [-0.4, -0.2) is 64.5 Å². The van der Waals surface area contributed by atoms with E-state index < -0.39 is 35.9 Å². The van der Waals surface area contributed by atoms with E-state index >= 15 is 0 Å². The predicted molar refractivity (Wildman–Crippen MR) is 210 cm³/mol. The first-order valence-electron chi connectivity index (χ1n) is 17.9.